The second-order valence-corrected chi connectivity index (χ2v) is 2.66. The predicted molar refractivity (Wildman–Crippen MR) is 48.4 cm³/mol. The lowest BCUT2D eigenvalue weighted by atomic mass is 10.2. The summed E-state index contributed by atoms with van der Waals surface area (Å²) in [5.74, 6) is 0. The Morgan fingerprint density at radius 3 is 2.00 bits per heavy atom. The fourth-order valence-corrected chi connectivity index (χ4v) is 0.495. The quantitative estimate of drug-likeness (QED) is 0.343. The van der Waals surface area contributed by atoms with Gasteiger partial charge in [0, 0.05) is 0 Å². The summed E-state index contributed by atoms with van der Waals surface area (Å²) in [5.41, 5.74) is 1.99. The second kappa shape index (κ2) is 5.66. The number of hydrogen-bond donors (Lipinski definition) is 0. The highest BCUT2D eigenvalue weighted by molar-refractivity contribution is 5.72. The summed E-state index contributed by atoms with van der Waals surface area (Å²) in [7, 11) is 0. The molecule has 0 spiro atoms. The monoisotopic (exact) mass is 150 g/mol. The number of aldehydes is 1. The molecule has 0 amide bonds. The molecule has 0 bridgehead atoms. The molecule has 0 aromatic carbocycles. The molecule has 0 atom stereocenters. The van der Waals surface area contributed by atoms with Crippen molar-refractivity contribution in [2.75, 3.05) is 0 Å². The van der Waals surface area contributed by atoms with Crippen LogP contribution in [0, 0.1) is 0 Å². The molecule has 0 aromatic rings. The molecule has 0 unspecified atom stereocenters. The van der Waals surface area contributed by atoms with Crippen molar-refractivity contribution in [3.05, 3.63) is 35.5 Å². The summed E-state index contributed by atoms with van der Waals surface area (Å²) in [4.78, 5) is 10.1. The molecule has 0 heterocycles. The van der Waals surface area contributed by atoms with Crippen LogP contribution in [0.3, 0.4) is 0 Å². The summed E-state index contributed by atoms with van der Waals surface area (Å²) in [5, 5.41) is 0. The maximum absolute atomic E-state index is 10.1. The molecule has 0 aliphatic heterocycles. The molecule has 0 radical (unpaired) electrons. The van der Waals surface area contributed by atoms with Crippen molar-refractivity contribution in [1.29, 1.82) is 0 Å². The number of allylic oxidation sites excluding steroid dienone is 6. The van der Waals surface area contributed by atoms with E-state index in [1.807, 2.05) is 32.1 Å². The Morgan fingerprint density at radius 2 is 1.55 bits per heavy atom. The van der Waals surface area contributed by atoms with Crippen molar-refractivity contribution in [2.24, 2.45) is 0 Å². The van der Waals surface area contributed by atoms with Crippen molar-refractivity contribution >= 4 is 6.29 Å². The molecule has 0 N–H and O–H groups in total. The van der Waals surface area contributed by atoms with Crippen LogP contribution in [0.25, 0.3) is 0 Å². The van der Waals surface area contributed by atoms with Gasteiger partial charge in [-0.1, -0.05) is 29.9 Å². The molecular weight excluding hydrogens is 136 g/mol. The van der Waals surface area contributed by atoms with Gasteiger partial charge in [-0.25, -0.2) is 0 Å². The van der Waals surface area contributed by atoms with Gasteiger partial charge in [0.15, 0.2) is 0 Å². The molecule has 0 fully saturated rings. The predicted octanol–water partition coefficient (Wildman–Crippen LogP) is 2.65. The van der Waals surface area contributed by atoms with Gasteiger partial charge in [0.05, 0.1) is 0 Å². The second-order valence-electron chi connectivity index (χ2n) is 2.66. The summed E-state index contributed by atoms with van der Waals surface area (Å²) >= 11 is 0. The number of carbonyl (C=O) groups excluding carboxylic acids is 1. The van der Waals surface area contributed by atoms with Crippen LogP contribution in [0.1, 0.15) is 20.8 Å². The van der Waals surface area contributed by atoms with E-state index in [4.69, 9.17) is 0 Å². The highest BCUT2D eigenvalue weighted by Gasteiger charge is 1.76. The zero-order chi connectivity index (χ0) is 8.69. The van der Waals surface area contributed by atoms with Gasteiger partial charge < -0.3 is 0 Å². The van der Waals surface area contributed by atoms with Gasteiger partial charge in [0.1, 0.15) is 6.29 Å². The first-order valence-corrected chi connectivity index (χ1v) is 3.60. The van der Waals surface area contributed by atoms with Gasteiger partial charge in [-0.3, -0.25) is 4.79 Å². The standard InChI is InChI=1S/C10H14O/c1-9(2)6-4-5-7-10(3)8-11/h4-8H,1-3H3/b5-4+,10-7-. The van der Waals surface area contributed by atoms with E-state index in [1.54, 1.807) is 13.0 Å². The first-order chi connectivity index (χ1) is 5.16. The molecule has 11 heavy (non-hydrogen) atoms. The lowest BCUT2D eigenvalue weighted by Gasteiger charge is -1.82. The number of hydrogen-bond acceptors (Lipinski definition) is 1. The third kappa shape index (κ3) is 6.78. The Morgan fingerprint density at radius 1 is 1.00 bits per heavy atom. The Balaban J connectivity index is 3.96. The zero-order valence-corrected chi connectivity index (χ0v) is 7.29. The van der Waals surface area contributed by atoms with E-state index in [0.717, 1.165) is 11.9 Å². The van der Waals surface area contributed by atoms with Crippen LogP contribution in [0.2, 0.25) is 0 Å². The van der Waals surface area contributed by atoms with Gasteiger partial charge in [0.25, 0.3) is 0 Å². The van der Waals surface area contributed by atoms with Crippen LogP contribution in [0.15, 0.2) is 35.5 Å². The maximum Gasteiger partial charge on any atom is 0.145 e. The van der Waals surface area contributed by atoms with Crippen LogP contribution >= 0.6 is 0 Å². The van der Waals surface area contributed by atoms with E-state index >= 15 is 0 Å². The third-order valence-corrected chi connectivity index (χ3v) is 1.09. The summed E-state index contributed by atoms with van der Waals surface area (Å²) in [6, 6.07) is 0. The average Bonchev–Trinajstić information content (AvgIpc) is 1.97. The molecule has 0 aliphatic rings. The highest BCUT2D eigenvalue weighted by Crippen LogP contribution is 1.91. The van der Waals surface area contributed by atoms with E-state index in [0.29, 0.717) is 0 Å². The van der Waals surface area contributed by atoms with E-state index in [-0.39, 0.29) is 0 Å². The van der Waals surface area contributed by atoms with Crippen LogP contribution in [0.4, 0.5) is 0 Å². The Bertz CT molecular complexity index is 203. The van der Waals surface area contributed by atoms with Crippen LogP contribution in [-0.4, -0.2) is 6.29 Å². The summed E-state index contributed by atoms with van der Waals surface area (Å²) in [6.07, 6.45) is 8.40. The van der Waals surface area contributed by atoms with Gasteiger partial charge >= 0.3 is 0 Å². The third-order valence-electron chi connectivity index (χ3n) is 1.09. The van der Waals surface area contributed by atoms with E-state index in [2.05, 4.69) is 0 Å². The molecule has 0 saturated heterocycles. The van der Waals surface area contributed by atoms with E-state index < -0.39 is 0 Å². The molecule has 60 valence electrons. The lowest BCUT2D eigenvalue weighted by molar-refractivity contribution is -0.104. The van der Waals surface area contributed by atoms with Crippen molar-refractivity contribution in [3.8, 4) is 0 Å². The fourth-order valence-electron chi connectivity index (χ4n) is 0.495. The molecule has 0 saturated carbocycles. The van der Waals surface area contributed by atoms with Crippen LogP contribution < -0.4 is 0 Å². The molecule has 0 aromatic heterocycles. The van der Waals surface area contributed by atoms with Gasteiger partial charge in [-0.05, 0) is 26.3 Å². The van der Waals surface area contributed by atoms with Crippen molar-refractivity contribution in [1.82, 2.24) is 0 Å². The molecule has 1 heteroatoms. The van der Waals surface area contributed by atoms with E-state index in [9.17, 15) is 4.79 Å². The fraction of sp³-hybridized carbons (Fsp3) is 0.300. The topological polar surface area (TPSA) is 17.1 Å². The normalized spacial score (nSPS) is 11.7. The van der Waals surface area contributed by atoms with Crippen molar-refractivity contribution in [3.63, 3.8) is 0 Å². The van der Waals surface area contributed by atoms with Gasteiger partial charge in [-0.2, -0.15) is 0 Å². The first-order valence-electron chi connectivity index (χ1n) is 3.60. The SMILES string of the molecule is CC(C)=C/C=C/C=C(/C)C=O. The van der Waals surface area contributed by atoms with Crippen molar-refractivity contribution in [2.45, 2.75) is 20.8 Å². The lowest BCUT2D eigenvalue weighted by Crippen LogP contribution is -1.71. The Labute approximate surface area is 68.1 Å². The van der Waals surface area contributed by atoms with Crippen LogP contribution in [-0.2, 0) is 4.79 Å². The van der Waals surface area contributed by atoms with Gasteiger partial charge in [0.2, 0.25) is 0 Å². The molecule has 0 aliphatic carbocycles. The minimum atomic E-state index is 0.739. The Kier molecular flexibility index (Phi) is 5.09. The molecule has 1 nitrogen and oxygen atoms in total. The molecular formula is C10H14O. The smallest absolute Gasteiger partial charge is 0.145 e. The number of rotatable bonds is 3. The van der Waals surface area contributed by atoms with Crippen LogP contribution in [0.5, 0.6) is 0 Å². The Hall–Kier alpha value is -1.11. The zero-order valence-electron chi connectivity index (χ0n) is 7.29. The van der Waals surface area contributed by atoms with E-state index in [1.165, 1.54) is 5.57 Å². The van der Waals surface area contributed by atoms with Crippen molar-refractivity contribution < 1.29 is 4.79 Å². The van der Waals surface area contributed by atoms with Gasteiger partial charge in [-0.15, -0.1) is 0 Å². The largest absolute Gasteiger partial charge is 0.298 e. The molecule has 0 rings (SSSR count). The summed E-state index contributed by atoms with van der Waals surface area (Å²) < 4.78 is 0. The minimum absolute atomic E-state index is 0.739. The first kappa shape index (κ1) is 9.89. The number of carbonyl (C=O) groups is 1. The summed E-state index contributed by atoms with van der Waals surface area (Å²) in [6.45, 7) is 5.83. The average molecular weight is 150 g/mol. The minimum Gasteiger partial charge on any atom is -0.298 e. The maximum atomic E-state index is 10.1. The highest BCUT2D eigenvalue weighted by atomic mass is 16.1.